The zero-order valence-corrected chi connectivity index (χ0v) is 9.06. The fraction of sp³-hybridized carbons (Fsp3) is 0.250. The number of methoxy groups -OCH3 is 1. The van der Waals surface area contributed by atoms with Crippen LogP contribution in [0, 0.1) is 0 Å². The van der Waals surface area contributed by atoms with Gasteiger partial charge < -0.3 is 9.57 Å². The predicted octanol–water partition coefficient (Wildman–Crippen LogP) is 3.08. The van der Waals surface area contributed by atoms with Crippen molar-refractivity contribution in [1.82, 2.24) is 0 Å². The van der Waals surface area contributed by atoms with Gasteiger partial charge in [0.15, 0.2) is 5.76 Å². The van der Waals surface area contributed by atoms with E-state index in [1.54, 1.807) is 7.11 Å². The molecule has 0 atom stereocenters. The molecule has 80 valence electrons. The van der Waals surface area contributed by atoms with Gasteiger partial charge >= 0.3 is 0 Å². The number of benzene rings is 1. The normalized spacial score (nSPS) is 10.9. The first kappa shape index (κ1) is 11.3. The standard InChI is InChI=1S/C12H15NO2/c1-4-5-12(15-13-2)10-6-8-11(14-3)9-7-10/h5-9H,2,4H2,1,3H3/b12-5+. The molecule has 0 radical (unpaired) electrons. The van der Waals surface area contributed by atoms with Gasteiger partial charge in [0, 0.05) is 12.3 Å². The number of hydrogen-bond donors (Lipinski definition) is 0. The van der Waals surface area contributed by atoms with Gasteiger partial charge in [-0.3, -0.25) is 0 Å². The molecule has 0 N–H and O–H groups in total. The molecule has 1 rings (SSSR count). The summed E-state index contributed by atoms with van der Waals surface area (Å²) in [7, 11) is 1.64. The van der Waals surface area contributed by atoms with Gasteiger partial charge in [-0.05, 0) is 36.8 Å². The summed E-state index contributed by atoms with van der Waals surface area (Å²) < 4.78 is 5.07. The Morgan fingerprint density at radius 3 is 2.53 bits per heavy atom. The van der Waals surface area contributed by atoms with Gasteiger partial charge in [0.05, 0.1) is 7.11 Å². The number of oxime groups is 1. The van der Waals surface area contributed by atoms with Crippen LogP contribution in [0.5, 0.6) is 5.75 Å². The van der Waals surface area contributed by atoms with E-state index in [0.717, 1.165) is 23.5 Å². The van der Waals surface area contributed by atoms with Crippen LogP contribution in [0.15, 0.2) is 35.5 Å². The third kappa shape index (κ3) is 3.13. The average molecular weight is 205 g/mol. The first-order valence-electron chi connectivity index (χ1n) is 4.79. The second-order valence-electron chi connectivity index (χ2n) is 2.93. The molecule has 3 heteroatoms. The molecule has 0 heterocycles. The van der Waals surface area contributed by atoms with Gasteiger partial charge in [-0.15, -0.1) is 0 Å². The van der Waals surface area contributed by atoms with E-state index in [2.05, 4.69) is 11.9 Å². The van der Waals surface area contributed by atoms with E-state index in [9.17, 15) is 0 Å². The Kier molecular flexibility index (Phi) is 4.41. The summed E-state index contributed by atoms with van der Waals surface area (Å²) in [6.07, 6.45) is 2.84. The Bertz CT molecular complexity index is 341. The summed E-state index contributed by atoms with van der Waals surface area (Å²) >= 11 is 0. The van der Waals surface area contributed by atoms with Crippen LogP contribution in [0.3, 0.4) is 0 Å². The van der Waals surface area contributed by atoms with E-state index in [1.807, 2.05) is 37.3 Å². The van der Waals surface area contributed by atoms with Crippen molar-refractivity contribution in [1.29, 1.82) is 0 Å². The molecule has 0 unspecified atom stereocenters. The zero-order chi connectivity index (χ0) is 11.1. The van der Waals surface area contributed by atoms with E-state index in [4.69, 9.17) is 9.57 Å². The van der Waals surface area contributed by atoms with Crippen molar-refractivity contribution in [2.24, 2.45) is 5.16 Å². The number of hydrogen-bond acceptors (Lipinski definition) is 3. The Labute approximate surface area is 90.0 Å². The van der Waals surface area contributed by atoms with Crippen LogP contribution >= 0.6 is 0 Å². The van der Waals surface area contributed by atoms with Crippen molar-refractivity contribution in [3.63, 3.8) is 0 Å². The molecular weight excluding hydrogens is 190 g/mol. The van der Waals surface area contributed by atoms with Gasteiger partial charge in [-0.2, -0.15) is 0 Å². The molecule has 0 aliphatic carbocycles. The highest BCUT2D eigenvalue weighted by Gasteiger charge is 2.02. The predicted molar refractivity (Wildman–Crippen MR) is 61.9 cm³/mol. The smallest absolute Gasteiger partial charge is 0.161 e. The molecule has 0 spiro atoms. The minimum atomic E-state index is 0.718. The average Bonchev–Trinajstić information content (AvgIpc) is 2.29. The maximum atomic E-state index is 5.08. The van der Waals surface area contributed by atoms with Crippen LogP contribution in [0.4, 0.5) is 0 Å². The number of allylic oxidation sites excluding steroid dienone is 1. The van der Waals surface area contributed by atoms with Gasteiger partial charge in [-0.1, -0.05) is 12.1 Å². The van der Waals surface area contributed by atoms with Crippen molar-refractivity contribution >= 4 is 12.5 Å². The van der Waals surface area contributed by atoms with Crippen LogP contribution in [0.2, 0.25) is 0 Å². The quantitative estimate of drug-likeness (QED) is 0.420. The van der Waals surface area contributed by atoms with Crippen LogP contribution in [-0.4, -0.2) is 13.8 Å². The first-order chi connectivity index (χ1) is 7.31. The molecule has 1 aromatic carbocycles. The van der Waals surface area contributed by atoms with Gasteiger partial charge in [0.2, 0.25) is 0 Å². The third-order valence-electron chi connectivity index (χ3n) is 1.93. The molecule has 0 aromatic heterocycles. The van der Waals surface area contributed by atoms with Crippen molar-refractivity contribution in [3.05, 3.63) is 35.9 Å². The van der Waals surface area contributed by atoms with Crippen molar-refractivity contribution < 1.29 is 9.57 Å². The summed E-state index contributed by atoms with van der Waals surface area (Å²) in [5.41, 5.74) is 0.963. The Morgan fingerprint density at radius 1 is 1.40 bits per heavy atom. The Hall–Kier alpha value is -1.77. The fourth-order valence-corrected chi connectivity index (χ4v) is 1.22. The molecule has 0 saturated heterocycles. The van der Waals surface area contributed by atoms with E-state index in [1.165, 1.54) is 0 Å². The molecular formula is C12H15NO2. The van der Waals surface area contributed by atoms with E-state index >= 15 is 0 Å². The minimum Gasteiger partial charge on any atom is -0.497 e. The van der Waals surface area contributed by atoms with Crippen LogP contribution < -0.4 is 4.74 Å². The highest BCUT2D eigenvalue weighted by molar-refractivity contribution is 5.60. The molecule has 0 aliphatic heterocycles. The summed E-state index contributed by atoms with van der Waals surface area (Å²) in [5, 5.41) is 3.42. The highest BCUT2D eigenvalue weighted by atomic mass is 16.6. The largest absolute Gasteiger partial charge is 0.497 e. The maximum Gasteiger partial charge on any atom is 0.161 e. The van der Waals surface area contributed by atoms with Crippen molar-refractivity contribution in [2.45, 2.75) is 13.3 Å². The third-order valence-corrected chi connectivity index (χ3v) is 1.93. The monoisotopic (exact) mass is 205 g/mol. The highest BCUT2D eigenvalue weighted by Crippen LogP contribution is 2.20. The van der Waals surface area contributed by atoms with Gasteiger partial charge in [0.25, 0.3) is 0 Å². The van der Waals surface area contributed by atoms with Gasteiger partial charge in [0.1, 0.15) is 5.75 Å². The van der Waals surface area contributed by atoms with Crippen molar-refractivity contribution in [3.8, 4) is 5.75 Å². The second-order valence-corrected chi connectivity index (χ2v) is 2.93. The fourth-order valence-electron chi connectivity index (χ4n) is 1.22. The van der Waals surface area contributed by atoms with E-state index < -0.39 is 0 Å². The molecule has 0 bridgehead atoms. The number of rotatable bonds is 5. The van der Waals surface area contributed by atoms with E-state index in [-0.39, 0.29) is 0 Å². The number of nitrogens with zero attached hydrogens (tertiary/aromatic N) is 1. The molecule has 15 heavy (non-hydrogen) atoms. The van der Waals surface area contributed by atoms with E-state index in [0.29, 0.717) is 0 Å². The summed E-state index contributed by atoms with van der Waals surface area (Å²) in [4.78, 5) is 5.08. The molecule has 0 saturated carbocycles. The SMILES string of the molecule is C=NO/C(=C/CC)c1ccc(OC)cc1. The molecule has 0 fully saturated rings. The lowest BCUT2D eigenvalue weighted by atomic mass is 10.1. The summed E-state index contributed by atoms with van der Waals surface area (Å²) in [6.45, 7) is 5.34. The maximum absolute atomic E-state index is 5.08. The molecule has 0 amide bonds. The first-order valence-corrected chi connectivity index (χ1v) is 4.79. The summed E-state index contributed by atoms with van der Waals surface area (Å²) in [6, 6.07) is 7.60. The van der Waals surface area contributed by atoms with Crippen LogP contribution in [-0.2, 0) is 4.84 Å². The van der Waals surface area contributed by atoms with Crippen molar-refractivity contribution in [2.75, 3.05) is 7.11 Å². The topological polar surface area (TPSA) is 30.8 Å². The van der Waals surface area contributed by atoms with Crippen LogP contribution in [0.1, 0.15) is 18.9 Å². The molecule has 3 nitrogen and oxygen atoms in total. The molecule has 0 aliphatic rings. The zero-order valence-electron chi connectivity index (χ0n) is 9.06. The Morgan fingerprint density at radius 2 is 2.07 bits per heavy atom. The number of ether oxygens (including phenoxy) is 1. The summed E-state index contributed by atoms with van der Waals surface area (Å²) in [5.74, 6) is 1.54. The van der Waals surface area contributed by atoms with Crippen LogP contribution in [0.25, 0.3) is 5.76 Å². The second kappa shape index (κ2) is 5.86. The Balaban J connectivity index is 2.91. The molecule has 1 aromatic rings. The lowest BCUT2D eigenvalue weighted by Gasteiger charge is -2.05. The minimum absolute atomic E-state index is 0.718. The lowest BCUT2D eigenvalue weighted by Crippen LogP contribution is -1.88. The lowest BCUT2D eigenvalue weighted by molar-refractivity contribution is 0.301. The van der Waals surface area contributed by atoms with Gasteiger partial charge in [-0.25, -0.2) is 0 Å².